The summed E-state index contributed by atoms with van der Waals surface area (Å²) >= 11 is 0. The van der Waals surface area contributed by atoms with E-state index in [1.165, 1.54) is 31.5 Å². The normalized spacial score (nSPS) is 10.3. The first-order chi connectivity index (χ1) is 14.0. The highest BCUT2D eigenvalue weighted by atomic mass is 19.1. The minimum atomic E-state index is -0.455. The smallest absolute Gasteiger partial charge is 0.337 e. The zero-order valence-electron chi connectivity index (χ0n) is 15.7. The van der Waals surface area contributed by atoms with E-state index in [4.69, 9.17) is 4.74 Å². The van der Waals surface area contributed by atoms with Gasteiger partial charge in [-0.1, -0.05) is 18.2 Å². The summed E-state index contributed by atoms with van der Waals surface area (Å²) in [6, 6.07) is 14.3. The maximum Gasteiger partial charge on any atom is 0.337 e. The third-order valence-corrected chi connectivity index (χ3v) is 4.04. The van der Waals surface area contributed by atoms with E-state index in [0.717, 1.165) is 5.56 Å². The van der Waals surface area contributed by atoms with Gasteiger partial charge in [0.05, 0.1) is 12.7 Å². The number of anilines is 2. The third kappa shape index (κ3) is 5.58. The van der Waals surface area contributed by atoms with Crippen molar-refractivity contribution in [2.45, 2.75) is 6.42 Å². The molecule has 29 heavy (non-hydrogen) atoms. The van der Waals surface area contributed by atoms with Crippen molar-refractivity contribution in [3.8, 4) is 0 Å². The van der Waals surface area contributed by atoms with Gasteiger partial charge in [0.1, 0.15) is 11.5 Å². The number of ether oxygens (including phenoxy) is 1. The summed E-state index contributed by atoms with van der Waals surface area (Å²) < 4.78 is 17.6. The fraction of sp³-hybridized carbons (Fsp3) is 0.143. The number of amides is 1. The maximum absolute atomic E-state index is 12.9. The molecule has 0 radical (unpaired) electrons. The Morgan fingerprint density at radius 1 is 1.10 bits per heavy atom. The summed E-state index contributed by atoms with van der Waals surface area (Å²) in [5.74, 6) is -0.876. The van der Waals surface area contributed by atoms with Crippen molar-refractivity contribution in [2.75, 3.05) is 19.0 Å². The van der Waals surface area contributed by atoms with Crippen molar-refractivity contribution in [3.63, 3.8) is 0 Å². The molecular weight excluding hydrogens is 375 g/mol. The number of esters is 1. The molecular formula is C21H19FN4O3. The number of nitrogens with one attached hydrogen (secondary N) is 2. The van der Waals surface area contributed by atoms with Crippen LogP contribution in [0.15, 0.2) is 60.8 Å². The van der Waals surface area contributed by atoms with Crippen molar-refractivity contribution in [3.05, 3.63) is 83.4 Å². The Morgan fingerprint density at radius 3 is 2.66 bits per heavy atom. The Bertz CT molecular complexity index is 1010. The summed E-state index contributed by atoms with van der Waals surface area (Å²) in [4.78, 5) is 32.2. The van der Waals surface area contributed by atoms with Crippen LogP contribution in [0.5, 0.6) is 0 Å². The first kappa shape index (κ1) is 19.9. The molecule has 0 spiro atoms. The van der Waals surface area contributed by atoms with Crippen LogP contribution in [0.2, 0.25) is 0 Å². The van der Waals surface area contributed by atoms with Gasteiger partial charge in [0.25, 0.3) is 5.91 Å². The molecule has 148 valence electrons. The molecule has 0 fully saturated rings. The molecule has 1 aromatic heterocycles. The van der Waals surface area contributed by atoms with Crippen LogP contribution in [-0.2, 0) is 11.2 Å². The fourth-order valence-electron chi connectivity index (χ4n) is 2.58. The average Bonchev–Trinajstić information content (AvgIpc) is 2.75. The van der Waals surface area contributed by atoms with Gasteiger partial charge in [-0.2, -0.15) is 0 Å². The highest BCUT2D eigenvalue weighted by Gasteiger charge is 2.10. The van der Waals surface area contributed by atoms with Gasteiger partial charge in [0.2, 0.25) is 5.95 Å². The number of nitrogens with zero attached hydrogens (tertiary/aromatic N) is 2. The Labute approximate surface area is 167 Å². The molecule has 0 unspecified atom stereocenters. The van der Waals surface area contributed by atoms with Gasteiger partial charge in [-0.3, -0.25) is 4.79 Å². The number of methoxy groups -OCH3 is 1. The highest BCUT2D eigenvalue weighted by molar-refractivity contribution is 5.92. The molecule has 0 saturated heterocycles. The molecule has 0 bridgehead atoms. The second kappa shape index (κ2) is 9.41. The van der Waals surface area contributed by atoms with E-state index in [1.807, 2.05) is 0 Å². The lowest BCUT2D eigenvalue weighted by atomic mass is 10.1. The van der Waals surface area contributed by atoms with Crippen LogP contribution in [-0.4, -0.2) is 35.5 Å². The monoisotopic (exact) mass is 394 g/mol. The molecule has 1 amide bonds. The molecule has 0 atom stereocenters. The van der Waals surface area contributed by atoms with Crippen molar-refractivity contribution < 1.29 is 18.7 Å². The molecule has 7 nitrogen and oxygen atoms in total. The lowest BCUT2D eigenvalue weighted by Gasteiger charge is -2.08. The first-order valence-electron chi connectivity index (χ1n) is 8.86. The van der Waals surface area contributed by atoms with Crippen LogP contribution in [0.3, 0.4) is 0 Å². The van der Waals surface area contributed by atoms with Crippen LogP contribution in [0.4, 0.5) is 16.0 Å². The van der Waals surface area contributed by atoms with Crippen molar-refractivity contribution in [2.24, 2.45) is 0 Å². The maximum atomic E-state index is 12.9. The lowest BCUT2D eigenvalue weighted by molar-refractivity contribution is 0.0600. The number of halogens is 1. The average molecular weight is 394 g/mol. The Hall–Kier alpha value is -3.81. The van der Waals surface area contributed by atoms with E-state index in [0.29, 0.717) is 24.2 Å². The lowest BCUT2D eigenvalue weighted by Crippen LogP contribution is -2.26. The van der Waals surface area contributed by atoms with Crippen LogP contribution in [0, 0.1) is 5.82 Å². The van der Waals surface area contributed by atoms with Crippen molar-refractivity contribution in [1.82, 2.24) is 15.3 Å². The number of carbonyl (C=O) groups is 2. The largest absolute Gasteiger partial charge is 0.465 e. The second-order valence-electron chi connectivity index (χ2n) is 6.10. The van der Waals surface area contributed by atoms with Crippen LogP contribution in [0.1, 0.15) is 26.4 Å². The molecule has 8 heteroatoms. The van der Waals surface area contributed by atoms with E-state index in [-0.39, 0.29) is 23.4 Å². The molecule has 3 aromatic rings. The van der Waals surface area contributed by atoms with Gasteiger partial charge in [-0.15, -0.1) is 0 Å². The standard InChI is InChI=1S/C21H19FN4O3/c1-29-20(28)15-3-2-4-17(13-15)25-21-24-12-10-18(26-21)19(27)23-11-9-14-5-7-16(22)8-6-14/h2-8,10,12-13H,9,11H2,1H3,(H,23,27)(H,24,25,26). The molecule has 3 rings (SSSR count). The number of aromatic nitrogens is 2. The van der Waals surface area contributed by atoms with Gasteiger partial charge in [-0.05, 0) is 48.4 Å². The summed E-state index contributed by atoms with van der Waals surface area (Å²) in [5.41, 5.74) is 2.09. The zero-order chi connectivity index (χ0) is 20.6. The Morgan fingerprint density at radius 2 is 1.90 bits per heavy atom. The molecule has 0 aliphatic heterocycles. The molecule has 2 N–H and O–H groups in total. The summed E-state index contributed by atoms with van der Waals surface area (Å²) in [6.45, 7) is 0.387. The van der Waals surface area contributed by atoms with E-state index in [1.54, 1.807) is 36.4 Å². The highest BCUT2D eigenvalue weighted by Crippen LogP contribution is 2.15. The van der Waals surface area contributed by atoms with Crippen LogP contribution >= 0.6 is 0 Å². The van der Waals surface area contributed by atoms with E-state index >= 15 is 0 Å². The molecule has 0 aliphatic rings. The van der Waals surface area contributed by atoms with Gasteiger partial charge >= 0.3 is 5.97 Å². The topological polar surface area (TPSA) is 93.2 Å². The van der Waals surface area contributed by atoms with Crippen LogP contribution < -0.4 is 10.6 Å². The van der Waals surface area contributed by atoms with Crippen molar-refractivity contribution in [1.29, 1.82) is 0 Å². The Kier molecular flexibility index (Phi) is 6.47. The molecule has 0 aliphatic carbocycles. The van der Waals surface area contributed by atoms with E-state index in [9.17, 15) is 14.0 Å². The van der Waals surface area contributed by atoms with Crippen molar-refractivity contribution >= 4 is 23.5 Å². The summed E-state index contributed by atoms with van der Waals surface area (Å²) in [7, 11) is 1.31. The van der Waals surface area contributed by atoms with Gasteiger partial charge in [-0.25, -0.2) is 19.2 Å². The molecule has 2 aromatic carbocycles. The van der Waals surface area contributed by atoms with Gasteiger partial charge in [0.15, 0.2) is 0 Å². The zero-order valence-corrected chi connectivity index (χ0v) is 15.7. The molecule has 1 heterocycles. The minimum absolute atomic E-state index is 0.200. The number of hydrogen-bond acceptors (Lipinski definition) is 6. The third-order valence-electron chi connectivity index (χ3n) is 4.04. The number of benzene rings is 2. The second-order valence-corrected chi connectivity index (χ2v) is 6.10. The first-order valence-corrected chi connectivity index (χ1v) is 8.86. The fourth-order valence-corrected chi connectivity index (χ4v) is 2.58. The summed E-state index contributed by atoms with van der Waals surface area (Å²) in [6.07, 6.45) is 2.04. The minimum Gasteiger partial charge on any atom is -0.465 e. The predicted octanol–water partition coefficient (Wildman–Crippen LogP) is 3.12. The number of hydrogen-bond donors (Lipinski definition) is 2. The van der Waals surface area contributed by atoms with Gasteiger partial charge in [0, 0.05) is 18.4 Å². The number of rotatable bonds is 7. The number of carbonyl (C=O) groups excluding carboxylic acids is 2. The quantitative estimate of drug-likeness (QED) is 0.598. The summed E-state index contributed by atoms with van der Waals surface area (Å²) in [5, 5.41) is 5.73. The van der Waals surface area contributed by atoms with Gasteiger partial charge < -0.3 is 15.4 Å². The van der Waals surface area contributed by atoms with E-state index in [2.05, 4.69) is 20.6 Å². The predicted molar refractivity (Wildman–Crippen MR) is 106 cm³/mol. The van der Waals surface area contributed by atoms with E-state index < -0.39 is 5.97 Å². The van der Waals surface area contributed by atoms with Crippen LogP contribution in [0.25, 0.3) is 0 Å². The Balaban J connectivity index is 1.60. The molecule has 0 saturated carbocycles. The SMILES string of the molecule is COC(=O)c1cccc(Nc2nccc(C(=O)NCCc3ccc(F)cc3)n2)c1.